The molecule has 0 N–H and O–H groups in total. The summed E-state index contributed by atoms with van der Waals surface area (Å²) in [6.45, 7) is 5.87. The summed E-state index contributed by atoms with van der Waals surface area (Å²) in [6.07, 6.45) is 3.55. The van der Waals surface area contributed by atoms with Gasteiger partial charge in [0.1, 0.15) is 11.6 Å². The first kappa shape index (κ1) is 14.3. The molecule has 1 aromatic heterocycles. The van der Waals surface area contributed by atoms with Crippen molar-refractivity contribution in [1.29, 1.82) is 0 Å². The summed E-state index contributed by atoms with van der Waals surface area (Å²) in [4.78, 5) is 2.46. The number of aryl methyl sites for hydroxylation is 2. The number of piperidine rings is 1. The number of halogens is 1. The van der Waals surface area contributed by atoms with Crippen molar-refractivity contribution in [1.82, 2.24) is 10.1 Å². The Labute approximate surface area is 124 Å². The molecule has 1 aliphatic rings. The van der Waals surface area contributed by atoms with Crippen molar-refractivity contribution in [2.45, 2.75) is 45.7 Å². The summed E-state index contributed by atoms with van der Waals surface area (Å²) in [5.41, 5.74) is 3.35. The number of hydrogen-bond donors (Lipinski definition) is 0. The van der Waals surface area contributed by atoms with Crippen LogP contribution in [0.5, 0.6) is 0 Å². The highest BCUT2D eigenvalue weighted by Gasteiger charge is 2.25. The summed E-state index contributed by atoms with van der Waals surface area (Å²) in [5.74, 6) is 0.725. The van der Waals surface area contributed by atoms with Crippen LogP contribution < -0.4 is 0 Å². The molecule has 112 valence electrons. The van der Waals surface area contributed by atoms with Gasteiger partial charge in [0.25, 0.3) is 0 Å². The Morgan fingerprint density at radius 3 is 2.67 bits per heavy atom. The number of likely N-dealkylation sites (tertiary alicyclic amines) is 1. The van der Waals surface area contributed by atoms with E-state index in [9.17, 15) is 4.39 Å². The molecule has 1 saturated heterocycles. The van der Waals surface area contributed by atoms with E-state index < -0.39 is 0 Å². The van der Waals surface area contributed by atoms with Crippen LogP contribution in [0.15, 0.2) is 28.8 Å². The third kappa shape index (κ3) is 3.00. The van der Waals surface area contributed by atoms with E-state index in [4.69, 9.17) is 4.52 Å². The molecule has 1 atom stereocenters. The molecule has 0 radical (unpaired) electrons. The second-order valence-corrected chi connectivity index (χ2v) is 5.84. The van der Waals surface area contributed by atoms with Gasteiger partial charge in [-0.1, -0.05) is 23.7 Å². The zero-order chi connectivity index (χ0) is 14.8. The van der Waals surface area contributed by atoms with Crippen LogP contribution in [-0.4, -0.2) is 16.6 Å². The van der Waals surface area contributed by atoms with Crippen LogP contribution in [0, 0.1) is 19.7 Å². The van der Waals surface area contributed by atoms with Crippen LogP contribution in [0.2, 0.25) is 0 Å². The average molecular weight is 288 g/mol. The van der Waals surface area contributed by atoms with E-state index in [1.807, 2.05) is 26.0 Å². The third-order valence-electron chi connectivity index (χ3n) is 4.41. The molecule has 3 rings (SSSR count). The fourth-order valence-electron chi connectivity index (χ4n) is 3.17. The minimum Gasteiger partial charge on any atom is -0.361 e. The van der Waals surface area contributed by atoms with Crippen LogP contribution in [0.3, 0.4) is 0 Å². The van der Waals surface area contributed by atoms with E-state index in [-0.39, 0.29) is 5.82 Å². The second kappa shape index (κ2) is 5.98. The van der Waals surface area contributed by atoms with Crippen LogP contribution >= 0.6 is 0 Å². The van der Waals surface area contributed by atoms with E-state index in [0.717, 1.165) is 31.0 Å². The lowest BCUT2D eigenvalue weighted by atomic mass is 9.94. The minimum atomic E-state index is -0.174. The standard InChI is InChI=1S/C17H21FN2O/c1-12-16(13(2)21-19-12)11-20-10-4-3-5-17(20)14-6-8-15(18)9-7-14/h6-9,17H,3-5,10-11H2,1-2H3/t17-/m0/s1. The Hall–Kier alpha value is -1.68. The van der Waals surface area contributed by atoms with Crippen LogP contribution in [0.1, 0.15) is 47.9 Å². The molecule has 1 aromatic carbocycles. The van der Waals surface area contributed by atoms with Crippen LogP contribution in [0.25, 0.3) is 0 Å². The topological polar surface area (TPSA) is 29.3 Å². The highest BCUT2D eigenvalue weighted by atomic mass is 19.1. The van der Waals surface area contributed by atoms with Gasteiger partial charge in [0.15, 0.2) is 0 Å². The Kier molecular flexibility index (Phi) is 4.06. The highest BCUT2D eigenvalue weighted by molar-refractivity contribution is 5.23. The van der Waals surface area contributed by atoms with E-state index in [2.05, 4.69) is 10.1 Å². The number of nitrogens with zero attached hydrogens (tertiary/aromatic N) is 2. The summed E-state index contributed by atoms with van der Waals surface area (Å²) < 4.78 is 18.4. The monoisotopic (exact) mass is 288 g/mol. The summed E-state index contributed by atoms with van der Waals surface area (Å²) in [6, 6.07) is 7.28. The van der Waals surface area contributed by atoms with Gasteiger partial charge in [-0.15, -0.1) is 0 Å². The van der Waals surface area contributed by atoms with Crippen LogP contribution in [-0.2, 0) is 6.54 Å². The van der Waals surface area contributed by atoms with E-state index in [0.29, 0.717) is 6.04 Å². The normalized spacial score (nSPS) is 19.9. The molecule has 4 heteroatoms. The fraction of sp³-hybridized carbons (Fsp3) is 0.471. The van der Waals surface area contributed by atoms with Crippen molar-refractivity contribution in [3.8, 4) is 0 Å². The van der Waals surface area contributed by atoms with Gasteiger partial charge in [0.05, 0.1) is 5.69 Å². The second-order valence-electron chi connectivity index (χ2n) is 5.84. The van der Waals surface area contributed by atoms with Crippen LogP contribution in [0.4, 0.5) is 4.39 Å². The van der Waals surface area contributed by atoms with E-state index >= 15 is 0 Å². The van der Waals surface area contributed by atoms with Gasteiger partial charge in [0, 0.05) is 18.2 Å². The first-order valence-corrected chi connectivity index (χ1v) is 7.56. The third-order valence-corrected chi connectivity index (χ3v) is 4.41. The fourth-order valence-corrected chi connectivity index (χ4v) is 3.17. The summed E-state index contributed by atoms with van der Waals surface area (Å²) >= 11 is 0. The first-order chi connectivity index (χ1) is 10.1. The molecular weight excluding hydrogens is 267 g/mol. The average Bonchev–Trinajstić information content (AvgIpc) is 2.81. The molecule has 0 amide bonds. The van der Waals surface area contributed by atoms with Gasteiger partial charge < -0.3 is 4.52 Å². The Bertz CT molecular complexity index is 586. The van der Waals surface area contributed by atoms with Gasteiger partial charge in [-0.3, -0.25) is 4.90 Å². The lowest BCUT2D eigenvalue weighted by Gasteiger charge is -2.36. The molecule has 0 spiro atoms. The van der Waals surface area contributed by atoms with Gasteiger partial charge in [-0.2, -0.15) is 0 Å². The quantitative estimate of drug-likeness (QED) is 0.849. The number of benzene rings is 1. The molecule has 0 aliphatic carbocycles. The van der Waals surface area contributed by atoms with Crippen molar-refractivity contribution >= 4 is 0 Å². The highest BCUT2D eigenvalue weighted by Crippen LogP contribution is 2.33. The molecule has 3 nitrogen and oxygen atoms in total. The maximum Gasteiger partial charge on any atom is 0.138 e. The number of rotatable bonds is 3. The van der Waals surface area contributed by atoms with Gasteiger partial charge >= 0.3 is 0 Å². The SMILES string of the molecule is Cc1noc(C)c1CN1CCCC[C@H]1c1ccc(F)cc1. The Balaban J connectivity index is 1.83. The number of aromatic nitrogens is 1. The minimum absolute atomic E-state index is 0.174. The maximum absolute atomic E-state index is 13.1. The Morgan fingerprint density at radius 2 is 2.00 bits per heavy atom. The van der Waals surface area contributed by atoms with E-state index in [1.54, 1.807) is 12.1 Å². The van der Waals surface area contributed by atoms with Gasteiger partial charge in [-0.25, -0.2) is 4.39 Å². The van der Waals surface area contributed by atoms with E-state index in [1.165, 1.54) is 24.0 Å². The smallest absolute Gasteiger partial charge is 0.138 e. The Morgan fingerprint density at radius 1 is 1.24 bits per heavy atom. The summed E-state index contributed by atoms with van der Waals surface area (Å²) in [5, 5.41) is 4.04. The number of hydrogen-bond acceptors (Lipinski definition) is 3. The van der Waals surface area contributed by atoms with Crippen molar-refractivity contribution in [2.75, 3.05) is 6.54 Å². The molecule has 2 aromatic rings. The van der Waals surface area contributed by atoms with Crippen molar-refractivity contribution in [3.05, 3.63) is 52.7 Å². The first-order valence-electron chi connectivity index (χ1n) is 7.56. The van der Waals surface area contributed by atoms with Gasteiger partial charge in [-0.05, 0) is 50.9 Å². The molecule has 0 saturated carbocycles. The molecule has 1 aliphatic heterocycles. The predicted octanol–water partition coefficient (Wildman–Crippen LogP) is 4.16. The zero-order valence-corrected chi connectivity index (χ0v) is 12.6. The molecule has 2 heterocycles. The lowest BCUT2D eigenvalue weighted by Crippen LogP contribution is -2.33. The van der Waals surface area contributed by atoms with Crippen molar-refractivity contribution < 1.29 is 8.91 Å². The maximum atomic E-state index is 13.1. The molecule has 0 unspecified atom stereocenters. The lowest BCUT2D eigenvalue weighted by molar-refractivity contribution is 0.139. The van der Waals surface area contributed by atoms with Gasteiger partial charge in [0.2, 0.25) is 0 Å². The molecule has 0 bridgehead atoms. The molecule has 21 heavy (non-hydrogen) atoms. The summed E-state index contributed by atoms with van der Waals surface area (Å²) in [7, 11) is 0. The molecule has 1 fully saturated rings. The molecular formula is C17H21FN2O. The zero-order valence-electron chi connectivity index (χ0n) is 12.6. The predicted molar refractivity (Wildman–Crippen MR) is 79.4 cm³/mol. The largest absolute Gasteiger partial charge is 0.361 e. The van der Waals surface area contributed by atoms with Crippen molar-refractivity contribution in [2.24, 2.45) is 0 Å². The van der Waals surface area contributed by atoms with Crippen molar-refractivity contribution in [3.63, 3.8) is 0 Å².